The first kappa shape index (κ1) is 15.8. The number of carbonyl (C=O) groups excluding carboxylic acids is 1. The quantitative estimate of drug-likeness (QED) is 0.555. The average molecular weight is 352 g/mol. The van der Waals surface area contributed by atoms with Crippen LogP contribution >= 0.6 is 0 Å². The van der Waals surface area contributed by atoms with Crippen LogP contribution in [0, 0.1) is 0 Å². The number of ether oxygens (including phenoxy) is 1. The summed E-state index contributed by atoms with van der Waals surface area (Å²) in [6.45, 7) is 1.99. The van der Waals surface area contributed by atoms with E-state index in [-0.39, 0.29) is 12.3 Å². The van der Waals surface area contributed by atoms with Crippen molar-refractivity contribution in [3.63, 3.8) is 0 Å². The van der Waals surface area contributed by atoms with Crippen LogP contribution in [0.4, 0.5) is 0 Å². The zero-order valence-corrected chi connectivity index (χ0v) is 13.6. The predicted octanol–water partition coefficient (Wildman–Crippen LogP) is 2.41. The lowest BCUT2D eigenvalue weighted by molar-refractivity contribution is 0.0519. The van der Waals surface area contributed by atoms with E-state index in [2.05, 4.69) is 24.6 Å². The topological polar surface area (TPSA) is 124 Å². The Morgan fingerprint density at radius 3 is 2.88 bits per heavy atom. The molecule has 0 bridgehead atoms. The second-order valence-electron chi connectivity index (χ2n) is 5.30. The molecule has 130 valence electrons. The summed E-state index contributed by atoms with van der Waals surface area (Å²) in [5.41, 5.74) is 2.51. The van der Waals surface area contributed by atoms with E-state index >= 15 is 0 Å². The van der Waals surface area contributed by atoms with Gasteiger partial charge in [-0.25, -0.2) is 19.6 Å². The third kappa shape index (κ3) is 2.86. The van der Waals surface area contributed by atoms with E-state index in [4.69, 9.17) is 9.15 Å². The average Bonchev–Trinajstić information content (AvgIpc) is 3.27. The van der Waals surface area contributed by atoms with Gasteiger partial charge in [0.2, 0.25) is 5.89 Å². The van der Waals surface area contributed by atoms with Crippen LogP contribution in [0.3, 0.4) is 0 Å². The number of oxazole rings is 1. The number of H-pyrrole nitrogens is 1. The Labute approximate surface area is 145 Å². The Morgan fingerprint density at radius 2 is 2.12 bits per heavy atom. The van der Waals surface area contributed by atoms with Gasteiger partial charge in [0.1, 0.15) is 11.2 Å². The summed E-state index contributed by atoms with van der Waals surface area (Å²) in [5.74, 6) is -0.513. The third-order valence-electron chi connectivity index (χ3n) is 3.59. The number of aromatic amines is 1. The fraction of sp³-hybridized carbons (Fsp3) is 0.118. The number of carbonyl (C=O) groups is 1. The molecule has 0 spiro atoms. The first-order chi connectivity index (χ1) is 12.6. The smallest absolute Gasteiger partial charge is 0.439 e. The van der Waals surface area contributed by atoms with Crippen molar-refractivity contribution in [3.05, 3.63) is 52.8 Å². The molecule has 26 heavy (non-hydrogen) atoms. The number of hydrogen-bond acceptors (Lipinski definition) is 8. The maximum absolute atomic E-state index is 11.8. The van der Waals surface area contributed by atoms with Crippen molar-refractivity contribution in [2.24, 2.45) is 0 Å². The molecule has 4 rings (SSSR count). The van der Waals surface area contributed by atoms with Gasteiger partial charge in [-0.1, -0.05) is 5.16 Å². The van der Waals surface area contributed by atoms with E-state index in [1.807, 2.05) is 0 Å². The lowest BCUT2D eigenvalue weighted by Gasteiger charge is -2.01. The second-order valence-corrected chi connectivity index (χ2v) is 5.30. The highest BCUT2D eigenvalue weighted by Gasteiger charge is 2.14. The molecule has 0 aliphatic carbocycles. The summed E-state index contributed by atoms with van der Waals surface area (Å²) in [7, 11) is 0. The van der Waals surface area contributed by atoms with Crippen LogP contribution in [0.25, 0.3) is 33.9 Å². The molecular formula is C17H12N4O5. The molecule has 0 radical (unpaired) electrons. The number of nitrogens with zero attached hydrogens (tertiary/aromatic N) is 3. The number of fused-ring (bicyclic) bond motifs is 1. The number of nitrogens with one attached hydrogen (secondary N) is 1. The Kier molecular flexibility index (Phi) is 3.81. The van der Waals surface area contributed by atoms with Gasteiger partial charge >= 0.3 is 11.7 Å². The summed E-state index contributed by atoms with van der Waals surface area (Å²) in [6.07, 6.45) is 1.49. The van der Waals surface area contributed by atoms with Crippen LogP contribution in [-0.2, 0) is 4.74 Å². The summed E-state index contributed by atoms with van der Waals surface area (Å²) in [5, 5.41) is 3.65. The third-order valence-corrected chi connectivity index (χ3v) is 3.59. The molecule has 0 amide bonds. The van der Waals surface area contributed by atoms with Crippen molar-refractivity contribution in [3.8, 4) is 22.8 Å². The molecule has 0 aliphatic rings. The highest BCUT2D eigenvalue weighted by Crippen LogP contribution is 2.27. The van der Waals surface area contributed by atoms with Crippen molar-refractivity contribution >= 4 is 17.1 Å². The highest BCUT2D eigenvalue weighted by atomic mass is 16.5. The van der Waals surface area contributed by atoms with Crippen LogP contribution in [0.15, 0.2) is 50.3 Å². The van der Waals surface area contributed by atoms with Crippen LogP contribution in [0.2, 0.25) is 0 Å². The maximum Gasteiger partial charge on any atom is 0.439 e. The minimum absolute atomic E-state index is 0.174. The molecule has 9 nitrogen and oxygen atoms in total. The van der Waals surface area contributed by atoms with Gasteiger partial charge in [-0.3, -0.25) is 9.51 Å². The standard InChI is InChI=1S/C17H12N4O5/c1-2-24-16(22)12-8-10(5-6-18-12)15-19-11-7-9(3-4-13(11)25-15)14-20-17(23)26-21-14/h3-8H,2H2,1H3,(H,20,21,23). The second kappa shape index (κ2) is 6.28. The van der Waals surface area contributed by atoms with E-state index in [0.29, 0.717) is 33.9 Å². The first-order valence-corrected chi connectivity index (χ1v) is 7.74. The first-order valence-electron chi connectivity index (χ1n) is 7.74. The molecule has 0 saturated carbocycles. The lowest BCUT2D eigenvalue weighted by atomic mass is 10.2. The van der Waals surface area contributed by atoms with E-state index in [1.165, 1.54) is 6.20 Å². The Morgan fingerprint density at radius 1 is 1.23 bits per heavy atom. The fourth-order valence-corrected chi connectivity index (χ4v) is 2.43. The number of hydrogen-bond donors (Lipinski definition) is 1. The molecule has 0 fully saturated rings. The van der Waals surface area contributed by atoms with Gasteiger partial charge < -0.3 is 9.15 Å². The van der Waals surface area contributed by atoms with Gasteiger partial charge in [-0.2, -0.15) is 0 Å². The number of pyridine rings is 1. The lowest BCUT2D eigenvalue weighted by Crippen LogP contribution is -2.06. The van der Waals surface area contributed by atoms with E-state index in [0.717, 1.165) is 0 Å². The van der Waals surface area contributed by atoms with Crippen molar-refractivity contribution in [1.82, 2.24) is 20.1 Å². The zero-order valence-electron chi connectivity index (χ0n) is 13.6. The number of esters is 1. The Balaban J connectivity index is 1.73. The van der Waals surface area contributed by atoms with Gasteiger partial charge in [0.25, 0.3) is 0 Å². The fourth-order valence-electron chi connectivity index (χ4n) is 2.43. The maximum atomic E-state index is 11.8. The molecule has 1 N–H and O–H groups in total. The van der Waals surface area contributed by atoms with Crippen molar-refractivity contribution in [1.29, 1.82) is 0 Å². The molecule has 3 aromatic heterocycles. The van der Waals surface area contributed by atoms with Crippen molar-refractivity contribution in [2.75, 3.05) is 6.61 Å². The normalized spacial score (nSPS) is 11.0. The van der Waals surface area contributed by atoms with Crippen molar-refractivity contribution < 1.29 is 18.5 Å². The number of benzene rings is 1. The van der Waals surface area contributed by atoms with Crippen LogP contribution in [0.5, 0.6) is 0 Å². The van der Waals surface area contributed by atoms with Crippen LogP contribution in [0.1, 0.15) is 17.4 Å². The predicted molar refractivity (Wildman–Crippen MR) is 89.3 cm³/mol. The number of rotatable bonds is 4. The minimum Gasteiger partial charge on any atom is -0.461 e. The Bertz CT molecular complexity index is 1160. The van der Waals surface area contributed by atoms with E-state index < -0.39 is 11.7 Å². The summed E-state index contributed by atoms with van der Waals surface area (Å²) < 4.78 is 15.2. The molecule has 4 aromatic rings. The van der Waals surface area contributed by atoms with Gasteiger partial charge in [0, 0.05) is 17.3 Å². The molecule has 0 aliphatic heterocycles. The van der Waals surface area contributed by atoms with E-state index in [9.17, 15) is 9.59 Å². The summed E-state index contributed by atoms with van der Waals surface area (Å²) >= 11 is 0. The van der Waals surface area contributed by atoms with Gasteiger partial charge in [-0.05, 0) is 37.3 Å². The zero-order chi connectivity index (χ0) is 18.1. The largest absolute Gasteiger partial charge is 0.461 e. The Hall–Kier alpha value is -3.75. The van der Waals surface area contributed by atoms with Crippen LogP contribution < -0.4 is 5.76 Å². The molecule has 3 heterocycles. The molecule has 0 saturated heterocycles. The minimum atomic E-state index is -0.635. The monoisotopic (exact) mass is 352 g/mol. The van der Waals surface area contributed by atoms with E-state index in [1.54, 1.807) is 37.3 Å². The SMILES string of the molecule is CCOC(=O)c1cc(-c2nc3cc(-c4noc(=O)[nH]4)ccc3o2)ccn1. The highest BCUT2D eigenvalue weighted by molar-refractivity contribution is 5.89. The summed E-state index contributed by atoms with van der Waals surface area (Å²) in [6, 6.07) is 8.38. The van der Waals surface area contributed by atoms with Crippen molar-refractivity contribution in [2.45, 2.75) is 6.92 Å². The summed E-state index contributed by atoms with van der Waals surface area (Å²) in [4.78, 5) is 33.8. The molecular weight excluding hydrogens is 340 g/mol. The molecule has 9 heteroatoms. The van der Waals surface area contributed by atoms with Crippen LogP contribution in [-0.4, -0.2) is 32.7 Å². The molecule has 0 atom stereocenters. The van der Waals surface area contributed by atoms with Gasteiger partial charge in [0.15, 0.2) is 11.4 Å². The molecule has 1 aromatic carbocycles. The van der Waals surface area contributed by atoms with Gasteiger partial charge in [-0.15, -0.1) is 0 Å². The number of aromatic nitrogens is 4. The van der Waals surface area contributed by atoms with Gasteiger partial charge in [0.05, 0.1) is 6.61 Å². The molecule has 0 unspecified atom stereocenters.